The van der Waals surface area contributed by atoms with Crippen molar-refractivity contribution >= 4 is 17.7 Å². The summed E-state index contributed by atoms with van der Waals surface area (Å²) >= 11 is 1.71. The normalized spacial score (nSPS) is 10.4. The van der Waals surface area contributed by atoms with Gasteiger partial charge in [-0.25, -0.2) is 0 Å². The standard InChI is InChI=1S/C15H23NOS/c1-5-16(6-2)15(17)11-18-10-14-9-12(3)7-8-13(14)4/h7-9H,5-6,10-11H2,1-4H3. The van der Waals surface area contributed by atoms with E-state index in [2.05, 4.69) is 32.0 Å². The molecule has 0 saturated carbocycles. The van der Waals surface area contributed by atoms with Crippen molar-refractivity contribution in [1.29, 1.82) is 0 Å². The third kappa shape index (κ3) is 4.37. The Labute approximate surface area is 115 Å². The van der Waals surface area contributed by atoms with Crippen molar-refractivity contribution in [3.63, 3.8) is 0 Å². The van der Waals surface area contributed by atoms with Gasteiger partial charge in [0, 0.05) is 18.8 Å². The molecular formula is C15H23NOS. The maximum atomic E-state index is 11.9. The zero-order valence-electron chi connectivity index (χ0n) is 11.8. The second-order valence-electron chi connectivity index (χ2n) is 4.49. The van der Waals surface area contributed by atoms with Crippen molar-refractivity contribution in [1.82, 2.24) is 4.90 Å². The summed E-state index contributed by atoms with van der Waals surface area (Å²) in [6, 6.07) is 6.49. The van der Waals surface area contributed by atoms with E-state index in [1.54, 1.807) is 11.8 Å². The maximum Gasteiger partial charge on any atom is 0.232 e. The van der Waals surface area contributed by atoms with Crippen LogP contribution in [0.5, 0.6) is 0 Å². The lowest BCUT2D eigenvalue weighted by atomic mass is 10.1. The average Bonchev–Trinajstić information content (AvgIpc) is 2.35. The first-order valence-electron chi connectivity index (χ1n) is 6.50. The minimum absolute atomic E-state index is 0.246. The minimum Gasteiger partial charge on any atom is -0.343 e. The molecule has 1 rings (SSSR count). The summed E-state index contributed by atoms with van der Waals surface area (Å²) in [6.45, 7) is 9.89. The highest BCUT2D eigenvalue weighted by Gasteiger charge is 2.09. The van der Waals surface area contributed by atoms with E-state index in [0.717, 1.165) is 18.8 Å². The molecule has 0 spiro atoms. The summed E-state index contributed by atoms with van der Waals surface area (Å²) in [4.78, 5) is 13.7. The fraction of sp³-hybridized carbons (Fsp3) is 0.533. The van der Waals surface area contributed by atoms with E-state index in [0.29, 0.717) is 5.75 Å². The highest BCUT2D eigenvalue weighted by atomic mass is 32.2. The van der Waals surface area contributed by atoms with Crippen LogP contribution in [0.1, 0.15) is 30.5 Å². The maximum absolute atomic E-state index is 11.9. The largest absolute Gasteiger partial charge is 0.343 e. The Kier molecular flexibility index (Phi) is 6.27. The zero-order valence-corrected chi connectivity index (χ0v) is 12.6. The number of thioether (sulfide) groups is 1. The highest BCUT2D eigenvalue weighted by Crippen LogP contribution is 2.18. The second-order valence-corrected chi connectivity index (χ2v) is 5.47. The molecule has 0 aliphatic heterocycles. The topological polar surface area (TPSA) is 20.3 Å². The van der Waals surface area contributed by atoms with Gasteiger partial charge in [-0.3, -0.25) is 4.79 Å². The van der Waals surface area contributed by atoms with Crippen molar-refractivity contribution in [2.45, 2.75) is 33.4 Å². The van der Waals surface area contributed by atoms with E-state index in [4.69, 9.17) is 0 Å². The highest BCUT2D eigenvalue weighted by molar-refractivity contribution is 7.99. The quantitative estimate of drug-likeness (QED) is 0.785. The molecular weight excluding hydrogens is 242 g/mol. The van der Waals surface area contributed by atoms with Crippen LogP contribution in [0, 0.1) is 13.8 Å². The summed E-state index contributed by atoms with van der Waals surface area (Å²) in [5.41, 5.74) is 3.93. The smallest absolute Gasteiger partial charge is 0.232 e. The number of amides is 1. The lowest BCUT2D eigenvalue weighted by molar-refractivity contribution is -0.127. The lowest BCUT2D eigenvalue weighted by Gasteiger charge is -2.18. The third-order valence-corrected chi connectivity index (χ3v) is 4.07. The fourth-order valence-corrected chi connectivity index (χ4v) is 2.86. The Balaban J connectivity index is 2.46. The molecule has 1 amide bonds. The molecule has 0 aliphatic rings. The van der Waals surface area contributed by atoms with Crippen LogP contribution in [-0.2, 0) is 10.5 Å². The predicted molar refractivity (Wildman–Crippen MR) is 80.0 cm³/mol. The summed E-state index contributed by atoms with van der Waals surface area (Å²) in [7, 11) is 0. The molecule has 0 unspecified atom stereocenters. The summed E-state index contributed by atoms with van der Waals surface area (Å²) in [6.07, 6.45) is 0. The molecule has 0 atom stereocenters. The third-order valence-electron chi connectivity index (χ3n) is 3.10. The van der Waals surface area contributed by atoms with Gasteiger partial charge in [0.15, 0.2) is 0 Å². The van der Waals surface area contributed by atoms with Gasteiger partial charge in [0.2, 0.25) is 5.91 Å². The van der Waals surface area contributed by atoms with E-state index in [9.17, 15) is 4.79 Å². The van der Waals surface area contributed by atoms with E-state index < -0.39 is 0 Å². The van der Waals surface area contributed by atoms with Gasteiger partial charge in [0.25, 0.3) is 0 Å². The minimum atomic E-state index is 0.246. The number of hydrogen-bond acceptors (Lipinski definition) is 2. The number of nitrogens with zero attached hydrogens (tertiary/aromatic N) is 1. The average molecular weight is 265 g/mol. The molecule has 1 aromatic rings. The number of aryl methyl sites for hydroxylation is 2. The summed E-state index contributed by atoms with van der Waals surface area (Å²) in [5, 5.41) is 0. The van der Waals surface area contributed by atoms with Crippen molar-refractivity contribution in [3.8, 4) is 0 Å². The van der Waals surface area contributed by atoms with Gasteiger partial charge in [-0.1, -0.05) is 23.8 Å². The van der Waals surface area contributed by atoms with Crippen LogP contribution in [0.4, 0.5) is 0 Å². The first kappa shape index (κ1) is 15.1. The van der Waals surface area contributed by atoms with Gasteiger partial charge in [-0.15, -0.1) is 11.8 Å². The van der Waals surface area contributed by atoms with Gasteiger partial charge in [-0.05, 0) is 38.8 Å². The number of benzene rings is 1. The Bertz CT molecular complexity index is 399. The van der Waals surface area contributed by atoms with Crippen molar-refractivity contribution in [2.24, 2.45) is 0 Å². The first-order valence-corrected chi connectivity index (χ1v) is 7.65. The molecule has 1 aromatic carbocycles. The van der Waals surface area contributed by atoms with E-state index in [1.807, 2.05) is 18.7 Å². The number of carbonyl (C=O) groups is 1. The first-order chi connectivity index (χ1) is 8.58. The molecule has 100 valence electrons. The molecule has 0 fully saturated rings. The Hall–Kier alpha value is -0.960. The van der Waals surface area contributed by atoms with Gasteiger partial charge in [-0.2, -0.15) is 0 Å². The molecule has 0 radical (unpaired) electrons. The van der Waals surface area contributed by atoms with Crippen LogP contribution < -0.4 is 0 Å². The molecule has 0 N–H and O–H groups in total. The van der Waals surface area contributed by atoms with Crippen molar-refractivity contribution in [2.75, 3.05) is 18.8 Å². The Morgan fingerprint density at radius 1 is 1.22 bits per heavy atom. The van der Waals surface area contributed by atoms with Crippen LogP contribution in [0.15, 0.2) is 18.2 Å². The zero-order chi connectivity index (χ0) is 13.5. The van der Waals surface area contributed by atoms with Crippen LogP contribution in [-0.4, -0.2) is 29.6 Å². The Morgan fingerprint density at radius 3 is 2.50 bits per heavy atom. The van der Waals surface area contributed by atoms with Gasteiger partial charge in [0.05, 0.1) is 5.75 Å². The predicted octanol–water partition coefficient (Wildman–Crippen LogP) is 3.41. The van der Waals surface area contributed by atoms with Crippen LogP contribution in [0.2, 0.25) is 0 Å². The second kappa shape index (κ2) is 7.47. The molecule has 0 saturated heterocycles. The Morgan fingerprint density at radius 2 is 1.89 bits per heavy atom. The van der Waals surface area contributed by atoms with Crippen LogP contribution >= 0.6 is 11.8 Å². The molecule has 2 nitrogen and oxygen atoms in total. The van der Waals surface area contributed by atoms with Crippen molar-refractivity contribution in [3.05, 3.63) is 34.9 Å². The lowest BCUT2D eigenvalue weighted by Crippen LogP contribution is -2.31. The van der Waals surface area contributed by atoms with Gasteiger partial charge in [0.1, 0.15) is 0 Å². The molecule has 0 aliphatic carbocycles. The monoisotopic (exact) mass is 265 g/mol. The van der Waals surface area contributed by atoms with Crippen LogP contribution in [0.3, 0.4) is 0 Å². The van der Waals surface area contributed by atoms with Gasteiger partial charge < -0.3 is 4.90 Å². The number of hydrogen-bond donors (Lipinski definition) is 0. The number of rotatable bonds is 6. The molecule has 18 heavy (non-hydrogen) atoms. The van der Waals surface area contributed by atoms with E-state index in [1.165, 1.54) is 16.7 Å². The van der Waals surface area contributed by atoms with Gasteiger partial charge >= 0.3 is 0 Å². The summed E-state index contributed by atoms with van der Waals surface area (Å²) < 4.78 is 0. The van der Waals surface area contributed by atoms with E-state index >= 15 is 0 Å². The summed E-state index contributed by atoms with van der Waals surface area (Å²) in [5.74, 6) is 1.74. The van der Waals surface area contributed by atoms with Crippen LogP contribution in [0.25, 0.3) is 0 Å². The molecule has 3 heteroatoms. The van der Waals surface area contributed by atoms with Crippen molar-refractivity contribution < 1.29 is 4.79 Å². The fourth-order valence-electron chi connectivity index (χ4n) is 1.87. The molecule has 0 bridgehead atoms. The number of carbonyl (C=O) groups excluding carboxylic acids is 1. The molecule has 0 heterocycles. The SMILES string of the molecule is CCN(CC)C(=O)CSCc1cc(C)ccc1C. The van der Waals surface area contributed by atoms with E-state index in [-0.39, 0.29) is 5.91 Å². The molecule has 0 aromatic heterocycles.